The molecule has 5 heteroatoms. The minimum Gasteiger partial charge on any atom is -0.461 e. The highest BCUT2D eigenvalue weighted by atomic mass is 16.6. The first-order valence-electron chi connectivity index (χ1n) is 8.70. The third-order valence-corrected chi connectivity index (χ3v) is 6.16. The molecule has 0 aromatic rings. The summed E-state index contributed by atoms with van der Waals surface area (Å²) in [5.74, 6) is -1.08. The van der Waals surface area contributed by atoms with Crippen molar-refractivity contribution in [3.8, 4) is 0 Å². The monoisotopic (exact) mass is 332 g/mol. The van der Waals surface area contributed by atoms with Crippen molar-refractivity contribution < 1.29 is 23.8 Å². The number of hydrogen-bond acceptors (Lipinski definition) is 5. The van der Waals surface area contributed by atoms with E-state index in [2.05, 4.69) is 20.4 Å². The molecule has 6 atom stereocenters. The Morgan fingerprint density at radius 2 is 2.08 bits per heavy atom. The SMILES string of the molecule is C=C1C(=O)OC2C1C(OC(=O)C(C)C)CC(C)=C1CC3OC3(C)C12. The Balaban J connectivity index is 1.73. The highest BCUT2D eigenvalue weighted by molar-refractivity contribution is 5.91. The van der Waals surface area contributed by atoms with Crippen molar-refractivity contribution in [3.63, 3.8) is 0 Å². The Morgan fingerprint density at radius 3 is 2.75 bits per heavy atom. The van der Waals surface area contributed by atoms with E-state index in [0.29, 0.717) is 12.0 Å². The number of carbonyl (C=O) groups is 2. The quantitative estimate of drug-likeness (QED) is 0.336. The highest BCUT2D eigenvalue weighted by Gasteiger charge is 2.70. The molecule has 0 aromatic carbocycles. The molecule has 4 rings (SSSR count). The molecule has 0 amide bonds. The van der Waals surface area contributed by atoms with Crippen molar-refractivity contribution in [1.29, 1.82) is 0 Å². The van der Waals surface area contributed by atoms with Crippen molar-refractivity contribution in [2.75, 3.05) is 0 Å². The topological polar surface area (TPSA) is 65.1 Å². The predicted octanol–water partition coefficient (Wildman–Crippen LogP) is 2.55. The van der Waals surface area contributed by atoms with Gasteiger partial charge in [0.15, 0.2) is 0 Å². The van der Waals surface area contributed by atoms with Gasteiger partial charge in [-0.05, 0) is 20.3 Å². The van der Waals surface area contributed by atoms with E-state index in [9.17, 15) is 9.59 Å². The lowest BCUT2D eigenvalue weighted by Crippen LogP contribution is -2.40. The zero-order chi connectivity index (χ0) is 17.4. The van der Waals surface area contributed by atoms with Crippen LogP contribution in [0.3, 0.4) is 0 Å². The number of carbonyl (C=O) groups excluding carboxylic acids is 2. The van der Waals surface area contributed by atoms with Crippen LogP contribution in [-0.2, 0) is 23.8 Å². The number of fused-ring (bicyclic) bond motifs is 5. The number of esters is 2. The standard InChI is InChI=1S/C19H24O5/c1-8(2)17(20)22-12-6-9(3)11-7-13-19(5,24-13)15(11)16-14(12)10(4)18(21)23-16/h8,12-16H,4,6-7H2,1-3,5H3. The van der Waals surface area contributed by atoms with E-state index >= 15 is 0 Å². The second kappa shape index (κ2) is 4.94. The van der Waals surface area contributed by atoms with E-state index in [1.807, 2.05) is 13.8 Å². The second-order valence-electron chi connectivity index (χ2n) is 8.03. The fourth-order valence-electron chi connectivity index (χ4n) is 4.71. The van der Waals surface area contributed by atoms with Crippen molar-refractivity contribution in [2.24, 2.45) is 17.8 Å². The van der Waals surface area contributed by atoms with Gasteiger partial charge in [0.1, 0.15) is 17.8 Å². The van der Waals surface area contributed by atoms with E-state index in [-0.39, 0.29) is 47.5 Å². The number of ether oxygens (including phenoxy) is 3. The van der Waals surface area contributed by atoms with E-state index in [4.69, 9.17) is 14.2 Å². The summed E-state index contributed by atoms with van der Waals surface area (Å²) in [5.41, 5.74) is 2.70. The molecule has 24 heavy (non-hydrogen) atoms. The number of rotatable bonds is 2. The van der Waals surface area contributed by atoms with Gasteiger partial charge >= 0.3 is 11.9 Å². The molecule has 0 aromatic heterocycles. The van der Waals surface area contributed by atoms with Crippen molar-refractivity contribution >= 4 is 11.9 Å². The highest BCUT2D eigenvalue weighted by Crippen LogP contribution is 2.62. The third kappa shape index (κ3) is 2.03. The molecule has 0 radical (unpaired) electrons. The molecule has 3 fully saturated rings. The van der Waals surface area contributed by atoms with E-state index in [1.54, 1.807) is 0 Å². The summed E-state index contributed by atoms with van der Waals surface area (Å²) >= 11 is 0. The van der Waals surface area contributed by atoms with Crippen LogP contribution in [0.5, 0.6) is 0 Å². The van der Waals surface area contributed by atoms with Gasteiger partial charge in [0, 0.05) is 17.9 Å². The molecule has 1 saturated carbocycles. The Hall–Kier alpha value is -1.62. The normalized spacial score (nSPS) is 43.1. The van der Waals surface area contributed by atoms with E-state index < -0.39 is 6.10 Å². The van der Waals surface area contributed by atoms with Gasteiger partial charge in [-0.2, -0.15) is 0 Å². The molecule has 130 valence electrons. The lowest BCUT2D eigenvalue weighted by Gasteiger charge is -2.30. The average Bonchev–Trinajstić information content (AvgIpc) is 2.97. The first kappa shape index (κ1) is 15.9. The maximum Gasteiger partial charge on any atom is 0.334 e. The van der Waals surface area contributed by atoms with Crippen LogP contribution in [0.2, 0.25) is 0 Å². The first-order chi connectivity index (χ1) is 11.2. The molecular formula is C19H24O5. The minimum absolute atomic E-state index is 0.0402. The zero-order valence-corrected chi connectivity index (χ0v) is 14.6. The Kier molecular flexibility index (Phi) is 3.27. The maximum atomic E-state index is 12.2. The van der Waals surface area contributed by atoms with Crippen LogP contribution >= 0.6 is 0 Å². The molecule has 0 spiro atoms. The van der Waals surface area contributed by atoms with Gasteiger partial charge in [-0.15, -0.1) is 0 Å². The van der Waals surface area contributed by atoms with Crippen LogP contribution in [0.15, 0.2) is 23.3 Å². The first-order valence-corrected chi connectivity index (χ1v) is 8.70. The third-order valence-electron chi connectivity index (χ3n) is 6.16. The molecule has 2 aliphatic carbocycles. The Morgan fingerprint density at radius 1 is 1.38 bits per heavy atom. The maximum absolute atomic E-state index is 12.2. The van der Waals surface area contributed by atoms with Gasteiger partial charge in [0.2, 0.25) is 0 Å². The van der Waals surface area contributed by atoms with Gasteiger partial charge < -0.3 is 14.2 Å². The van der Waals surface area contributed by atoms with Crippen LogP contribution in [0.4, 0.5) is 0 Å². The van der Waals surface area contributed by atoms with E-state index in [1.165, 1.54) is 11.1 Å². The second-order valence-corrected chi connectivity index (χ2v) is 8.03. The molecule has 0 bridgehead atoms. The molecular weight excluding hydrogens is 308 g/mol. The van der Waals surface area contributed by atoms with Crippen LogP contribution in [0.1, 0.15) is 40.5 Å². The fourth-order valence-corrected chi connectivity index (χ4v) is 4.71. The zero-order valence-electron chi connectivity index (χ0n) is 14.6. The summed E-state index contributed by atoms with van der Waals surface area (Å²) < 4.78 is 17.4. The molecule has 2 aliphatic heterocycles. The summed E-state index contributed by atoms with van der Waals surface area (Å²) in [6, 6.07) is 0. The van der Waals surface area contributed by atoms with Crippen molar-refractivity contribution in [3.05, 3.63) is 23.3 Å². The summed E-state index contributed by atoms with van der Waals surface area (Å²) in [7, 11) is 0. The molecule has 5 nitrogen and oxygen atoms in total. The van der Waals surface area contributed by atoms with Gasteiger partial charge in [-0.1, -0.05) is 31.6 Å². The predicted molar refractivity (Wildman–Crippen MR) is 85.9 cm³/mol. The Labute approximate surface area is 142 Å². The summed E-state index contributed by atoms with van der Waals surface area (Å²) in [5, 5.41) is 0. The molecule has 4 aliphatic rings. The van der Waals surface area contributed by atoms with Gasteiger partial charge in [-0.25, -0.2) is 4.79 Å². The number of epoxide rings is 1. The van der Waals surface area contributed by atoms with Crippen molar-refractivity contribution in [1.82, 2.24) is 0 Å². The smallest absolute Gasteiger partial charge is 0.334 e. The lowest BCUT2D eigenvalue weighted by molar-refractivity contribution is -0.156. The lowest BCUT2D eigenvalue weighted by atomic mass is 9.80. The average molecular weight is 332 g/mol. The fraction of sp³-hybridized carbons (Fsp3) is 0.684. The number of hydrogen-bond donors (Lipinski definition) is 0. The van der Waals surface area contributed by atoms with Crippen LogP contribution in [-0.4, -0.2) is 35.9 Å². The van der Waals surface area contributed by atoms with Gasteiger partial charge in [-0.3, -0.25) is 4.79 Å². The molecule has 6 unspecified atom stereocenters. The van der Waals surface area contributed by atoms with Crippen LogP contribution in [0, 0.1) is 17.8 Å². The largest absolute Gasteiger partial charge is 0.461 e. The molecule has 2 heterocycles. The van der Waals surface area contributed by atoms with Crippen molar-refractivity contribution in [2.45, 2.75) is 64.4 Å². The van der Waals surface area contributed by atoms with Gasteiger partial charge in [0.25, 0.3) is 0 Å². The summed E-state index contributed by atoms with van der Waals surface area (Å²) in [4.78, 5) is 24.4. The molecule has 2 saturated heterocycles. The van der Waals surface area contributed by atoms with Crippen LogP contribution < -0.4 is 0 Å². The van der Waals surface area contributed by atoms with Gasteiger partial charge in [0.05, 0.1) is 17.9 Å². The summed E-state index contributed by atoms with van der Waals surface area (Å²) in [6.07, 6.45) is 0.979. The molecule has 0 N–H and O–H groups in total. The summed E-state index contributed by atoms with van der Waals surface area (Å²) in [6.45, 7) is 11.7. The minimum atomic E-state index is -0.400. The van der Waals surface area contributed by atoms with Crippen LogP contribution in [0.25, 0.3) is 0 Å². The van der Waals surface area contributed by atoms with E-state index in [0.717, 1.165) is 6.42 Å². The Bertz CT molecular complexity index is 675.